The fourth-order valence-corrected chi connectivity index (χ4v) is 11.6. The Morgan fingerprint density at radius 2 is 1.13 bits per heavy atom. The van der Waals surface area contributed by atoms with Crippen LogP contribution in [0.2, 0.25) is 52.4 Å². The molecule has 0 aromatic heterocycles. The number of rotatable bonds is 8. The fraction of sp³-hybridized carbons (Fsp3) is 0.600. The van der Waals surface area contributed by atoms with Crippen molar-refractivity contribution in [1.82, 2.24) is 0 Å². The quantitative estimate of drug-likeness (QED) is 0.288. The average Bonchev–Trinajstić information content (AvgIpc) is 3.12. The van der Waals surface area contributed by atoms with Crippen LogP contribution in [0.1, 0.15) is 12.8 Å². The number of halogens is 2. The summed E-state index contributed by atoms with van der Waals surface area (Å²) in [5.41, 5.74) is 0. The van der Waals surface area contributed by atoms with Gasteiger partial charge in [-0.3, -0.25) is 0 Å². The van der Waals surface area contributed by atoms with Gasteiger partial charge in [0.25, 0.3) is 0 Å². The summed E-state index contributed by atoms with van der Waals surface area (Å²) in [6.45, 7) is 18.9. The van der Waals surface area contributed by atoms with Crippen molar-refractivity contribution in [2.24, 2.45) is 0 Å². The molecular formula is C20H34Cl2O4Si3Zr. The van der Waals surface area contributed by atoms with E-state index < -0.39 is 47.9 Å². The summed E-state index contributed by atoms with van der Waals surface area (Å²) < 4.78 is 27.7. The van der Waals surface area contributed by atoms with E-state index in [4.69, 9.17) is 18.3 Å². The first-order valence-electron chi connectivity index (χ1n) is 10.1. The molecule has 0 N–H and O–H groups in total. The van der Waals surface area contributed by atoms with Crippen LogP contribution in [-0.4, -0.2) is 38.3 Å². The third-order valence-electron chi connectivity index (χ3n) is 5.10. The molecule has 0 atom stereocenters. The van der Waals surface area contributed by atoms with Crippen molar-refractivity contribution in [3.63, 3.8) is 0 Å². The summed E-state index contributed by atoms with van der Waals surface area (Å²) in [5.74, 6) is 2.37. The van der Waals surface area contributed by atoms with Crippen molar-refractivity contribution in [1.29, 1.82) is 0 Å². The third-order valence-corrected chi connectivity index (χ3v) is 14.2. The zero-order chi connectivity index (χ0) is 20.7. The van der Waals surface area contributed by atoms with E-state index in [-0.39, 0.29) is 24.8 Å². The van der Waals surface area contributed by atoms with Gasteiger partial charge in [-0.25, -0.2) is 0 Å². The Balaban J connectivity index is 0.00000225. The monoisotopic (exact) mass is 582 g/mol. The Bertz CT molecular complexity index is 716. The molecule has 30 heavy (non-hydrogen) atoms. The van der Waals surface area contributed by atoms with Gasteiger partial charge in [0.05, 0.1) is 0 Å². The van der Waals surface area contributed by atoms with Crippen LogP contribution in [0.4, 0.5) is 0 Å². The molecule has 0 fully saturated rings. The maximum atomic E-state index is 6.29. The van der Waals surface area contributed by atoms with Crippen molar-refractivity contribution in [3.8, 4) is 0 Å². The summed E-state index contributed by atoms with van der Waals surface area (Å²) >= 11 is -0.900. The Labute approximate surface area is 209 Å². The first kappa shape index (κ1) is 28.6. The zero-order valence-electron chi connectivity index (χ0n) is 19.4. The van der Waals surface area contributed by atoms with Gasteiger partial charge in [-0.05, 0) is 0 Å². The van der Waals surface area contributed by atoms with E-state index in [1.807, 2.05) is 0 Å². The molecule has 0 aromatic carbocycles. The summed E-state index contributed by atoms with van der Waals surface area (Å²) in [7, 11) is -5.02. The third kappa shape index (κ3) is 6.80. The molecule has 2 aliphatic carbocycles. The average molecular weight is 585 g/mol. The van der Waals surface area contributed by atoms with E-state index in [0.29, 0.717) is 13.6 Å². The van der Waals surface area contributed by atoms with Gasteiger partial charge in [0.15, 0.2) is 0 Å². The molecule has 0 spiro atoms. The van der Waals surface area contributed by atoms with E-state index in [1.54, 1.807) is 6.56 Å². The summed E-state index contributed by atoms with van der Waals surface area (Å²) in [6.07, 6.45) is 7.00. The zero-order valence-corrected chi connectivity index (χ0v) is 26.3. The maximum Gasteiger partial charge on any atom is -1.00 e. The van der Waals surface area contributed by atoms with Crippen LogP contribution in [-0.2, 0) is 41.6 Å². The van der Waals surface area contributed by atoms with Crippen molar-refractivity contribution >= 4 is 24.7 Å². The number of fused-ring (bicyclic) bond motifs is 2. The molecule has 10 heteroatoms. The van der Waals surface area contributed by atoms with E-state index in [9.17, 15) is 0 Å². The second-order valence-corrected chi connectivity index (χ2v) is 27.0. The Kier molecular flexibility index (Phi) is 10.2. The van der Waals surface area contributed by atoms with E-state index in [2.05, 4.69) is 64.5 Å². The van der Waals surface area contributed by atoms with Crippen molar-refractivity contribution < 1.29 is 66.4 Å². The van der Waals surface area contributed by atoms with Crippen LogP contribution in [0.15, 0.2) is 40.6 Å². The summed E-state index contributed by atoms with van der Waals surface area (Å²) in [4.78, 5) is 0. The predicted molar refractivity (Wildman–Crippen MR) is 118 cm³/mol. The van der Waals surface area contributed by atoms with Crippen molar-refractivity contribution in [2.45, 2.75) is 65.2 Å². The van der Waals surface area contributed by atoms with Crippen LogP contribution in [0.3, 0.4) is 0 Å². The van der Waals surface area contributed by atoms with E-state index in [1.165, 1.54) is 21.9 Å². The van der Waals surface area contributed by atoms with Crippen molar-refractivity contribution in [2.75, 3.05) is 13.6 Å². The molecule has 0 unspecified atom stereocenters. The van der Waals surface area contributed by atoms with Crippen LogP contribution >= 0.6 is 0 Å². The first-order valence-corrected chi connectivity index (χ1v) is 22.3. The minimum atomic E-state index is -1.87. The standard InChI is InChI=1S/C20H34O4Si3.2ClH.Zr/c1-25(2,3)23-15-21-17-11-9-13-19(17)27(7,8)20-14-10-12-18(20)22-16-24-26(4,5)6;;;/h13-14H,9-10,15-16H2,1-8H3;2*1H;/q;;;+2/p-2. The smallest absolute Gasteiger partial charge is 1.00 e. The molecule has 1 aliphatic heterocycles. The predicted octanol–water partition coefficient (Wildman–Crippen LogP) is -0.388. The minimum absolute atomic E-state index is 0. The topological polar surface area (TPSA) is 36.9 Å². The van der Waals surface area contributed by atoms with Gasteiger partial charge >= 0.3 is 186 Å². The molecule has 4 nitrogen and oxygen atoms in total. The molecule has 1 heterocycles. The SMILES string of the molecule is C[Si](C)(C)OCOC1=[C]2CC=C1[Si](C)(C)C1=CC[C](=C1OCO[Si](C)(C)C)[Zr+2]2.[Cl-].[Cl-]. The molecule has 4 bridgehead atoms. The molecule has 3 aliphatic rings. The molecule has 0 radical (unpaired) electrons. The van der Waals surface area contributed by atoms with Gasteiger partial charge in [0.1, 0.15) is 0 Å². The van der Waals surface area contributed by atoms with Gasteiger partial charge in [0, 0.05) is 0 Å². The van der Waals surface area contributed by atoms with Crippen LogP contribution in [0.5, 0.6) is 0 Å². The molecular weight excluding hydrogens is 551 g/mol. The number of hydrogen-bond acceptors (Lipinski definition) is 4. The van der Waals surface area contributed by atoms with E-state index >= 15 is 0 Å². The molecule has 0 aromatic rings. The van der Waals surface area contributed by atoms with Crippen molar-refractivity contribution in [3.05, 3.63) is 40.6 Å². The van der Waals surface area contributed by atoms with Gasteiger partial charge in [-0.15, -0.1) is 0 Å². The Morgan fingerprint density at radius 3 is 1.47 bits per heavy atom. The van der Waals surface area contributed by atoms with Gasteiger partial charge in [-0.1, -0.05) is 0 Å². The minimum Gasteiger partial charge on any atom is -1.00 e. The van der Waals surface area contributed by atoms with Crippen LogP contribution in [0, 0.1) is 0 Å². The maximum absolute atomic E-state index is 6.29. The Morgan fingerprint density at radius 1 is 0.767 bits per heavy atom. The fourth-order valence-electron chi connectivity index (χ4n) is 3.59. The summed E-state index contributed by atoms with van der Waals surface area (Å²) in [5, 5.41) is 2.89. The Hall–Kier alpha value is 0.594. The largest absolute Gasteiger partial charge is 1.00 e. The first-order chi connectivity index (χ1) is 12.9. The molecule has 0 saturated heterocycles. The van der Waals surface area contributed by atoms with Crippen LogP contribution < -0.4 is 24.8 Å². The van der Waals surface area contributed by atoms with Gasteiger partial charge in [-0.2, -0.15) is 0 Å². The normalized spacial score (nSPS) is 19.5. The number of allylic oxidation sites excluding steroid dienone is 6. The number of ether oxygens (including phenoxy) is 2. The summed E-state index contributed by atoms with van der Waals surface area (Å²) in [6, 6.07) is 0. The molecule has 0 amide bonds. The second-order valence-electron chi connectivity index (χ2n) is 10.0. The molecule has 3 rings (SSSR count). The number of hydrogen-bond donors (Lipinski definition) is 0. The molecule has 0 saturated carbocycles. The van der Waals surface area contributed by atoms with Gasteiger partial charge < -0.3 is 24.8 Å². The van der Waals surface area contributed by atoms with Gasteiger partial charge in [0.2, 0.25) is 0 Å². The van der Waals surface area contributed by atoms with Crippen LogP contribution in [0.25, 0.3) is 0 Å². The molecule has 168 valence electrons. The van der Waals surface area contributed by atoms with E-state index in [0.717, 1.165) is 12.8 Å². The second kappa shape index (κ2) is 10.7.